The number of rotatable bonds is 9. The lowest BCUT2D eigenvalue weighted by Gasteiger charge is -2.26. The van der Waals surface area contributed by atoms with Crippen molar-refractivity contribution in [3.63, 3.8) is 0 Å². The van der Waals surface area contributed by atoms with Gasteiger partial charge >= 0.3 is 5.97 Å². The second-order valence-electron chi connectivity index (χ2n) is 10.0. The van der Waals surface area contributed by atoms with Crippen molar-refractivity contribution < 1.29 is 32.6 Å². The molecule has 0 aliphatic carbocycles. The Labute approximate surface area is 263 Å². The van der Waals surface area contributed by atoms with Crippen LogP contribution in [0.15, 0.2) is 83.8 Å². The molecule has 2 N–H and O–H groups in total. The average molecular weight is 657 g/mol. The van der Waals surface area contributed by atoms with Gasteiger partial charge in [-0.2, -0.15) is 0 Å². The quantitative estimate of drug-likeness (QED) is 0.264. The van der Waals surface area contributed by atoms with E-state index in [4.69, 9.17) is 27.9 Å². The molecule has 1 heterocycles. The average Bonchev–Trinajstić information content (AvgIpc) is 3.01. The number of halogens is 2. The van der Waals surface area contributed by atoms with Gasteiger partial charge in [0.1, 0.15) is 6.54 Å². The van der Waals surface area contributed by atoms with Crippen molar-refractivity contribution in [2.24, 2.45) is 0 Å². The van der Waals surface area contributed by atoms with Crippen LogP contribution in [0, 0.1) is 0 Å². The lowest BCUT2D eigenvalue weighted by Crippen LogP contribution is -2.40. The Morgan fingerprint density at radius 2 is 1.59 bits per heavy atom. The number of carboxylic acid groups (broad SMARTS) is 1. The van der Waals surface area contributed by atoms with Crippen LogP contribution >= 0.6 is 23.2 Å². The van der Waals surface area contributed by atoms with Gasteiger partial charge in [0.25, 0.3) is 21.8 Å². The zero-order valence-corrected chi connectivity index (χ0v) is 25.5. The number of carboxylic acids is 1. The topological polar surface area (TPSA) is 133 Å². The maximum absolute atomic E-state index is 13.5. The molecule has 4 aromatic rings. The number of nitrogens with zero attached hydrogens (tertiary/aromatic N) is 2. The molecule has 4 aromatic carbocycles. The van der Waals surface area contributed by atoms with Gasteiger partial charge in [0.05, 0.1) is 23.8 Å². The van der Waals surface area contributed by atoms with Crippen LogP contribution in [0.4, 0.5) is 5.69 Å². The van der Waals surface area contributed by atoms with Crippen LogP contribution in [-0.2, 0) is 26.1 Å². The first kappa shape index (κ1) is 31.3. The second kappa shape index (κ2) is 13.2. The van der Waals surface area contributed by atoms with E-state index < -0.39 is 22.5 Å². The van der Waals surface area contributed by atoms with Crippen LogP contribution in [0.5, 0.6) is 0 Å². The molecule has 13 heteroatoms. The number of hydrogen-bond donors (Lipinski definition) is 2. The molecule has 2 amide bonds. The summed E-state index contributed by atoms with van der Waals surface area (Å²) in [6.45, 7) is 1.49. The number of hydrogen-bond acceptors (Lipinski definition) is 6. The monoisotopic (exact) mass is 655 g/mol. The third kappa shape index (κ3) is 6.97. The summed E-state index contributed by atoms with van der Waals surface area (Å²) in [5.74, 6) is -1.79. The Kier molecular flexibility index (Phi) is 9.40. The summed E-state index contributed by atoms with van der Waals surface area (Å²) in [4.78, 5) is 39.0. The number of fused-ring (bicyclic) bond motifs is 1. The van der Waals surface area contributed by atoms with Crippen LogP contribution < -0.4 is 9.62 Å². The summed E-state index contributed by atoms with van der Waals surface area (Å²) in [5.41, 5.74) is 1.79. The van der Waals surface area contributed by atoms with Crippen molar-refractivity contribution >= 4 is 67.5 Å². The van der Waals surface area contributed by atoms with Crippen molar-refractivity contribution in [3.05, 3.63) is 106 Å². The number of morpholine rings is 1. The molecule has 0 unspecified atom stereocenters. The Hall–Kier alpha value is -4.16. The molecular weight excluding hydrogens is 629 g/mol. The standard InChI is InChI=1S/C31H27Cl2N3O7S/c32-23-15-24(33)17-26(16-23)44(41,42)36(19-29(37)38)25-8-9-27-22(14-25)2-1-3-28(27)30(39)34-18-20-4-6-21(7-5-20)31(40)35-10-12-43-13-11-35/h1-9,14-17H,10-13,18-19H2,(H,34,39)(H,37,38). The van der Waals surface area contributed by atoms with Crippen molar-refractivity contribution in [3.8, 4) is 0 Å². The number of ether oxygens (including phenoxy) is 1. The third-order valence-electron chi connectivity index (χ3n) is 7.05. The van der Waals surface area contributed by atoms with Gasteiger partial charge in [-0.3, -0.25) is 18.7 Å². The van der Waals surface area contributed by atoms with Crippen LogP contribution in [-0.4, -0.2) is 69.1 Å². The number of carbonyl (C=O) groups excluding carboxylic acids is 2. The first-order valence-electron chi connectivity index (χ1n) is 13.5. The van der Waals surface area contributed by atoms with Crippen LogP contribution in [0.25, 0.3) is 10.8 Å². The number of benzene rings is 4. The van der Waals surface area contributed by atoms with Crippen molar-refractivity contribution in [1.29, 1.82) is 0 Å². The smallest absolute Gasteiger partial charge is 0.324 e. The van der Waals surface area contributed by atoms with E-state index in [0.717, 1.165) is 9.87 Å². The van der Waals surface area contributed by atoms with E-state index in [1.165, 1.54) is 30.3 Å². The summed E-state index contributed by atoms with van der Waals surface area (Å²) in [5, 5.41) is 13.6. The van der Waals surface area contributed by atoms with Gasteiger partial charge in [-0.15, -0.1) is 0 Å². The fourth-order valence-corrected chi connectivity index (χ4v) is 6.99. The van der Waals surface area contributed by atoms with Crippen molar-refractivity contribution in [2.75, 3.05) is 37.2 Å². The largest absolute Gasteiger partial charge is 0.480 e. The van der Waals surface area contributed by atoms with Crippen LogP contribution in [0.2, 0.25) is 10.0 Å². The summed E-state index contributed by atoms with van der Waals surface area (Å²) in [6.07, 6.45) is 0. The minimum Gasteiger partial charge on any atom is -0.480 e. The Bertz CT molecular complexity index is 1820. The molecule has 228 valence electrons. The van der Waals surface area contributed by atoms with Gasteiger partial charge in [-0.1, -0.05) is 53.5 Å². The van der Waals surface area contributed by atoms with E-state index in [-0.39, 0.29) is 39.0 Å². The van der Waals surface area contributed by atoms with Gasteiger partial charge < -0.3 is 20.1 Å². The molecule has 0 atom stereocenters. The molecule has 1 aliphatic heterocycles. The SMILES string of the molecule is O=C(O)CN(c1ccc2c(C(=O)NCc3ccc(C(=O)N4CCOCC4)cc3)cccc2c1)S(=O)(=O)c1cc(Cl)cc(Cl)c1. The zero-order chi connectivity index (χ0) is 31.4. The molecule has 1 fully saturated rings. The fraction of sp³-hybridized carbons (Fsp3) is 0.194. The molecular formula is C31H27Cl2N3O7S. The number of amides is 2. The van der Waals surface area contributed by atoms with Gasteiger partial charge in [-0.05, 0) is 64.9 Å². The molecule has 10 nitrogen and oxygen atoms in total. The van der Waals surface area contributed by atoms with E-state index in [2.05, 4.69) is 5.32 Å². The van der Waals surface area contributed by atoms with Crippen molar-refractivity contribution in [1.82, 2.24) is 10.2 Å². The minimum absolute atomic E-state index is 0.0647. The highest BCUT2D eigenvalue weighted by Crippen LogP contribution is 2.31. The molecule has 0 bridgehead atoms. The van der Waals surface area contributed by atoms with E-state index in [1.54, 1.807) is 53.4 Å². The maximum Gasteiger partial charge on any atom is 0.324 e. The first-order chi connectivity index (χ1) is 21.0. The normalized spacial score (nSPS) is 13.5. The molecule has 0 radical (unpaired) electrons. The fourth-order valence-electron chi connectivity index (χ4n) is 4.86. The predicted octanol–water partition coefficient (Wildman–Crippen LogP) is 4.83. The molecule has 0 saturated carbocycles. The number of aliphatic carboxylic acids is 1. The van der Waals surface area contributed by atoms with Gasteiger partial charge in [0.2, 0.25) is 0 Å². The highest BCUT2D eigenvalue weighted by molar-refractivity contribution is 7.92. The summed E-state index contributed by atoms with van der Waals surface area (Å²) >= 11 is 12.0. The first-order valence-corrected chi connectivity index (χ1v) is 15.7. The van der Waals surface area contributed by atoms with E-state index in [0.29, 0.717) is 48.2 Å². The van der Waals surface area contributed by atoms with Crippen LogP contribution in [0.3, 0.4) is 0 Å². The van der Waals surface area contributed by atoms with Gasteiger partial charge in [0.15, 0.2) is 0 Å². The third-order valence-corrected chi connectivity index (χ3v) is 9.24. The second-order valence-corrected chi connectivity index (χ2v) is 12.7. The maximum atomic E-state index is 13.5. The highest BCUT2D eigenvalue weighted by Gasteiger charge is 2.28. The summed E-state index contributed by atoms with van der Waals surface area (Å²) in [7, 11) is -4.37. The summed E-state index contributed by atoms with van der Waals surface area (Å²) in [6, 6.07) is 20.3. The molecule has 0 spiro atoms. The number of sulfonamides is 1. The zero-order valence-electron chi connectivity index (χ0n) is 23.2. The number of carbonyl (C=O) groups is 3. The van der Waals surface area contributed by atoms with Gasteiger partial charge in [0, 0.05) is 40.8 Å². The lowest BCUT2D eigenvalue weighted by molar-refractivity contribution is -0.135. The predicted molar refractivity (Wildman–Crippen MR) is 167 cm³/mol. The Morgan fingerprint density at radius 1 is 0.909 bits per heavy atom. The van der Waals surface area contributed by atoms with Crippen molar-refractivity contribution in [2.45, 2.75) is 11.4 Å². The molecule has 5 rings (SSSR count). The molecule has 44 heavy (non-hydrogen) atoms. The van der Waals surface area contributed by atoms with E-state index >= 15 is 0 Å². The molecule has 1 saturated heterocycles. The molecule has 0 aromatic heterocycles. The van der Waals surface area contributed by atoms with E-state index in [1.807, 2.05) is 0 Å². The van der Waals surface area contributed by atoms with E-state index in [9.17, 15) is 27.9 Å². The minimum atomic E-state index is -4.37. The molecule has 1 aliphatic rings. The highest BCUT2D eigenvalue weighted by atomic mass is 35.5. The lowest BCUT2D eigenvalue weighted by atomic mass is 10.0. The Balaban J connectivity index is 1.35. The number of nitrogens with one attached hydrogen (secondary N) is 1. The summed E-state index contributed by atoms with van der Waals surface area (Å²) < 4.78 is 33.0. The van der Waals surface area contributed by atoms with Gasteiger partial charge in [-0.25, -0.2) is 8.42 Å². The Morgan fingerprint density at radius 3 is 2.25 bits per heavy atom. The number of anilines is 1. The van der Waals surface area contributed by atoms with Crippen LogP contribution in [0.1, 0.15) is 26.3 Å².